The van der Waals surface area contributed by atoms with E-state index in [1.54, 1.807) is 24.4 Å². The fourth-order valence-corrected chi connectivity index (χ4v) is 4.82. The number of hydrogen-bond acceptors (Lipinski definition) is 4. The maximum Gasteiger partial charge on any atom is 0.335 e. The van der Waals surface area contributed by atoms with E-state index in [4.69, 9.17) is 12.2 Å². The highest BCUT2D eigenvalue weighted by Gasteiger charge is 2.41. The minimum absolute atomic E-state index is 0.0844. The topological polar surface area (TPSA) is 90.6 Å². The maximum atomic E-state index is 11.5. The third-order valence-electron chi connectivity index (χ3n) is 5.90. The van der Waals surface area contributed by atoms with Crippen molar-refractivity contribution in [3.8, 4) is 5.69 Å². The molecule has 2 atom stereocenters. The Morgan fingerprint density at radius 3 is 2.69 bits per heavy atom. The van der Waals surface area contributed by atoms with Crippen LogP contribution in [0.2, 0.25) is 0 Å². The van der Waals surface area contributed by atoms with Crippen LogP contribution in [0.25, 0.3) is 5.69 Å². The van der Waals surface area contributed by atoms with Gasteiger partial charge in [-0.15, -0.1) is 0 Å². The van der Waals surface area contributed by atoms with Crippen LogP contribution >= 0.6 is 12.2 Å². The van der Waals surface area contributed by atoms with E-state index in [0.717, 1.165) is 28.3 Å². The minimum atomic E-state index is -0.953. The van der Waals surface area contributed by atoms with Crippen molar-refractivity contribution in [1.29, 1.82) is 0 Å². The zero-order valence-electron chi connectivity index (χ0n) is 18.0. The Morgan fingerprint density at radius 2 is 2.00 bits per heavy atom. The van der Waals surface area contributed by atoms with Gasteiger partial charge in [-0.25, -0.2) is 4.79 Å². The summed E-state index contributed by atoms with van der Waals surface area (Å²) in [6.45, 7) is 4.75. The Bertz CT molecular complexity index is 1150. The molecule has 1 aromatic carbocycles. The summed E-state index contributed by atoms with van der Waals surface area (Å²) >= 11 is 5.66. The van der Waals surface area contributed by atoms with Crippen LogP contribution in [0.15, 0.2) is 54.7 Å². The largest absolute Gasteiger partial charge is 0.478 e. The predicted octanol–water partition coefficient (Wildman–Crippen LogP) is 3.54. The molecule has 0 spiro atoms. The number of benzene rings is 1. The monoisotopic (exact) mass is 450 g/mol. The van der Waals surface area contributed by atoms with Crippen molar-refractivity contribution >= 4 is 23.3 Å². The molecule has 7 nitrogen and oxygen atoms in total. The highest BCUT2D eigenvalue weighted by atomic mass is 32.1. The van der Waals surface area contributed by atoms with Crippen LogP contribution in [-0.2, 0) is 0 Å². The first-order valence-corrected chi connectivity index (χ1v) is 10.9. The number of aromatic carboxylic acids is 1. The number of nitrogens with zero attached hydrogens (tertiary/aromatic N) is 3. The Labute approximate surface area is 192 Å². The second-order valence-electron chi connectivity index (χ2n) is 7.91. The molecule has 1 saturated heterocycles. The van der Waals surface area contributed by atoms with Gasteiger partial charge in [0.1, 0.15) is 0 Å². The SMILES string of the molecule is Cc1cc(C2C(c3ccccn3)NC(=S)N2CCCO)c(C)n1-c1cccc(C(=O)O)c1. The first-order chi connectivity index (χ1) is 15.4. The van der Waals surface area contributed by atoms with Crippen molar-refractivity contribution in [2.75, 3.05) is 13.2 Å². The van der Waals surface area contributed by atoms with Crippen LogP contribution in [0.4, 0.5) is 0 Å². The molecule has 0 amide bonds. The van der Waals surface area contributed by atoms with Gasteiger partial charge in [0.05, 0.1) is 23.3 Å². The molecule has 3 heterocycles. The summed E-state index contributed by atoms with van der Waals surface area (Å²) in [5, 5.41) is 22.9. The van der Waals surface area contributed by atoms with Crippen molar-refractivity contribution in [1.82, 2.24) is 19.8 Å². The number of aryl methyl sites for hydroxylation is 1. The predicted molar refractivity (Wildman–Crippen MR) is 126 cm³/mol. The smallest absolute Gasteiger partial charge is 0.335 e. The molecule has 8 heteroatoms. The van der Waals surface area contributed by atoms with Gasteiger partial charge in [-0.05, 0) is 74.4 Å². The van der Waals surface area contributed by atoms with Crippen LogP contribution in [0.5, 0.6) is 0 Å². The molecular weight excluding hydrogens is 424 g/mol. The van der Waals surface area contributed by atoms with Crippen LogP contribution < -0.4 is 5.32 Å². The van der Waals surface area contributed by atoms with Crippen LogP contribution in [0.1, 0.15) is 51.5 Å². The molecule has 0 bridgehead atoms. The third-order valence-corrected chi connectivity index (χ3v) is 6.25. The Hall–Kier alpha value is -3.23. The molecule has 1 aliphatic rings. The normalized spacial score (nSPS) is 18.1. The van der Waals surface area contributed by atoms with Gasteiger partial charge in [0.25, 0.3) is 0 Å². The number of aromatic nitrogens is 2. The Morgan fingerprint density at radius 1 is 1.19 bits per heavy atom. The first kappa shape index (κ1) is 22.0. The molecule has 2 aromatic heterocycles. The zero-order chi connectivity index (χ0) is 22.8. The summed E-state index contributed by atoms with van der Waals surface area (Å²) in [7, 11) is 0. The average Bonchev–Trinajstić information content (AvgIpc) is 3.27. The van der Waals surface area contributed by atoms with Gasteiger partial charge in [-0.3, -0.25) is 4.98 Å². The molecule has 4 rings (SSSR count). The second-order valence-corrected chi connectivity index (χ2v) is 8.30. The Kier molecular flexibility index (Phi) is 6.25. The van der Waals surface area contributed by atoms with Gasteiger partial charge in [0.15, 0.2) is 5.11 Å². The lowest BCUT2D eigenvalue weighted by Crippen LogP contribution is -2.31. The summed E-state index contributed by atoms with van der Waals surface area (Å²) in [6, 6.07) is 14.7. The molecule has 0 radical (unpaired) electrons. The van der Waals surface area contributed by atoms with Crippen LogP contribution in [0, 0.1) is 13.8 Å². The van der Waals surface area contributed by atoms with Gasteiger partial charge >= 0.3 is 5.97 Å². The lowest BCUT2D eigenvalue weighted by molar-refractivity contribution is 0.0697. The summed E-state index contributed by atoms with van der Waals surface area (Å²) in [6.07, 6.45) is 2.38. The lowest BCUT2D eigenvalue weighted by Gasteiger charge is -2.28. The molecule has 2 unspecified atom stereocenters. The quantitative estimate of drug-likeness (QED) is 0.474. The number of pyridine rings is 1. The van der Waals surface area contributed by atoms with E-state index >= 15 is 0 Å². The van der Waals surface area contributed by atoms with Crippen molar-refractivity contribution in [2.45, 2.75) is 32.4 Å². The van der Waals surface area contributed by atoms with Crippen LogP contribution in [-0.4, -0.2) is 48.9 Å². The summed E-state index contributed by atoms with van der Waals surface area (Å²) in [4.78, 5) is 18.2. The van der Waals surface area contributed by atoms with Gasteiger partial charge in [-0.2, -0.15) is 0 Å². The molecule has 1 aliphatic heterocycles. The fraction of sp³-hybridized carbons (Fsp3) is 0.292. The standard InChI is InChI=1S/C24H26N4O3S/c1-15-13-19(16(2)28(15)18-8-5-7-17(14-18)23(30)31)22-21(20-9-3-4-10-25-20)26-24(32)27(22)11-6-12-29/h3-5,7-10,13-14,21-22,29H,6,11-12H2,1-2H3,(H,26,32)(H,30,31). The Balaban J connectivity index is 1.82. The van der Waals surface area contributed by atoms with E-state index in [0.29, 0.717) is 18.1 Å². The molecule has 32 heavy (non-hydrogen) atoms. The number of aliphatic hydroxyl groups is 1. The van der Waals surface area contributed by atoms with E-state index in [2.05, 4.69) is 25.8 Å². The summed E-state index contributed by atoms with van der Waals surface area (Å²) < 4.78 is 2.07. The van der Waals surface area contributed by atoms with Crippen molar-refractivity contribution in [2.24, 2.45) is 0 Å². The molecule has 166 valence electrons. The maximum absolute atomic E-state index is 11.5. The number of thiocarbonyl (C=S) groups is 1. The third kappa shape index (κ3) is 3.99. The number of carbonyl (C=O) groups is 1. The number of carboxylic acids is 1. The highest BCUT2D eigenvalue weighted by molar-refractivity contribution is 7.80. The van der Waals surface area contributed by atoms with E-state index in [1.165, 1.54) is 0 Å². The molecule has 0 aliphatic carbocycles. The zero-order valence-corrected chi connectivity index (χ0v) is 18.8. The van der Waals surface area contributed by atoms with Gasteiger partial charge in [0.2, 0.25) is 0 Å². The second kappa shape index (κ2) is 9.10. The summed E-state index contributed by atoms with van der Waals surface area (Å²) in [5.41, 5.74) is 5.04. The van der Waals surface area contributed by atoms with E-state index < -0.39 is 5.97 Å². The number of rotatable bonds is 7. The number of nitrogens with one attached hydrogen (secondary N) is 1. The van der Waals surface area contributed by atoms with E-state index in [9.17, 15) is 15.0 Å². The average molecular weight is 451 g/mol. The molecular formula is C24H26N4O3S. The number of hydrogen-bond donors (Lipinski definition) is 3. The van der Waals surface area contributed by atoms with Crippen LogP contribution in [0.3, 0.4) is 0 Å². The number of aliphatic hydroxyl groups excluding tert-OH is 1. The molecule has 3 aromatic rings. The fourth-order valence-electron chi connectivity index (χ4n) is 4.49. The van der Waals surface area contributed by atoms with Crippen molar-refractivity contribution in [3.05, 3.63) is 82.9 Å². The van der Waals surface area contributed by atoms with Crippen molar-refractivity contribution in [3.63, 3.8) is 0 Å². The van der Waals surface area contributed by atoms with Gasteiger partial charge < -0.3 is 25.0 Å². The number of carboxylic acid groups (broad SMARTS) is 1. The highest BCUT2D eigenvalue weighted by Crippen LogP contribution is 2.41. The minimum Gasteiger partial charge on any atom is -0.478 e. The van der Waals surface area contributed by atoms with E-state index in [-0.39, 0.29) is 24.3 Å². The molecule has 1 fully saturated rings. The lowest BCUT2D eigenvalue weighted by atomic mass is 9.96. The first-order valence-electron chi connectivity index (χ1n) is 10.5. The van der Waals surface area contributed by atoms with E-state index in [1.807, 2.05) is 38.1 Å². The molecule has 3 N–H and O–H groups in total. The molecule has 0 saturated carbocycles. The van der Waals surface area contributed by atoms with Crippen molar-refractivity contribution < 1.29 is 15.0 Å². The summed E-state index contributed by atoms with van der Waals surface area (Å²) in [5.74, 6) is -0.953. The van der Waals surface area contributed by atoms with Gasteiger partial charge in [0, 0.05) is 36.4 Å². The van der Waals surface area contributed by atoms with Gasteiger partial charge in [-0.1, -0.05) is 12.1 Å².